The van der Waals surface area contributed by atoms with Crippen LogP contribution in [-0.4, -0.2) is 69.2 Å². The topological polar surface area (TPSA) is 45.3 Å². The Morgan fingerprint density at radius 3 is 2.35 bits per heavy atom. The molecule has 0 spiro atoms. The van der Waals surface area contributed by atoms with Gasteiger partial charge in [-0.05, 0) is 60.4 Å². The lowest BCUT2D eigenvalue weighted by atomic mass is 9.98. The van der Waals surface area contributed by atoms with Crippen LogP contribution < -0.4 is 14.4 Å². The van der Waals surface area contributed by atoms with Gasteiger partial charge in [0.25, 0.3) is 0 Å². The number of hydrogen-bond donors (Lipinski definition) is 0. The van der Waals surface area contributed by atoms with Gasteiger partial charge in [0.2, 0.25) is 5.91 Å². The van der Waals surface area contributed by atoms with E-state index in [1.54, 1.807) is 14.2 Å². The van der Waals surface area contributed by atoms with E-state index in [-0.39, 0.29) is 11.7 Å². The number of fused-ring (bicyclic) bond motifs is 1. The van der Waals surface area contributed by atoms with Crippen LogP contribution >= 0.6 is 0 Å². The standard InChI is InChI=1S/C24H30FN3O3/c1-30-22-14-18-8-11-28(16-19(18)15-23(22)31-2)24(29)17-26-9-3-10-27(13-12-26)21-6-4-20(25)5-7-21/h4-7,14-15H,3,8-13,16-17H2,1-2H3. The molecule has 1 amide bonds. The summed E-state index contributed by atoms with van der Waals surface area (Å²) in [4.78, 5) is 19.5. The minimum Gasteiger partial charge on any atom is -0.493 e. The molecule has 1 fully saturated rings. The van der Waals surface area contributed by atoms with Crippen molar-refractivity contribution < 1.29 is 18.7 Å². The fraction of sp³-hybridized carbons (Fsp3) is 0.458. The van der Waals surface area contributed by atoms with Gasteiger partial charge in [0.1, 0.15) is 5.82 Å². The zero-order valence-electron chi connectivity index (χ0n) is 18.3. The van der Waals surface area contributed by atoms with Gasteiger partial charge in [-0.25, -0.2) is 4.39 Å². The van der Waals surface area contributed by atoms with Crippen LogP contribution in [0.3, 0.4) is 0 Å². The number of hydrogen-bond acceptors (Lipinski definition) is 5. The van der Waals surface area contributed by atoms with E-state index < -0.39 is 0 Å². The lowest BCUT2D eigenvalue weighted by Gasteiger charge is -2.31. The Kier molecular flexibility index (Phi) is 6.61. The van der Waals surface area contributed by atoms with Crippen molar-refractivity contribution in [2.75, 3.05) is 58.4 Å². The smallest absolute Gasteiger partial charge is 0.237 e. The van der Waals surface area contributed by atoms with E-state index in [1.807, 2.05) is 29.2 Å². The zero-order valence-corrected chi connectivity index (χ0v) is 18.3. The van der Waals surface area contributed by atoms with Gasteiger partial charge in [0.05, 0.1) is 20.8 Å². The Morgan fingerprint density at radius 2 is 1.65 bits per heavy atom. The van der Waals surface area contributed by atoms with Crippen molar-refractivity contribution in [3.8, 4) is 11.5 Å². The molecule has 2 aliphatic rings. The van der Waals surface area contributed by atoms with Gasteiger partial charge in [-0.3, -0.25) is 9.69 Å². The molecule has 0 bridgehead atoms. The molecule has 0 aromatic heterocycles. The average Bonchev–Trinajstić information content (AvgIpc) is 3.03. The predicted octanol–water partition coefficient (Wildman–Crippen LogP) is 2.94. The summed E-state index contributed by atoms with van der Waals surface area (Å²) < 4.78 is 24.0. The van der Waals surface area contributed by atoms with E-state index in [4.69, 9.17) is 9.47 Å². The van der Waals surface area contributed by atoms with Crippen LogP contribution in [0.25, 0.3) is 0 Å². The highest BCUT2D eigenvalue weighted by atomic mass is 19.1. The molecule has 0 radical (unpaired) electrons. The number of carbonyl (C=O) groups is 1. The number of rotatable bonds is 5. The predicted molar refractivity (Wildman–Crippen MR) is 118 cm³/mol. The van der Waals surface area contributed by atoms with Gasteiger partial charge in [-0.2, -0.15) is 0 Å². The van der Waals surface area contributed by atoms with Gasteiger partial charge >= 0.3 is 0 Å². The van der Waals surface area contributed by atoms with Crippen LogP contribution in [0.15, 0.2) is 36.4 Å². The van der Waals surface area contributed by atoms with E-state index in [0.29, 0.717) is 18.8 Å². The van der Waals surface area contributed by atoms with Gasteiger partial charge in [0.15, 0.2) is 11.5 Å². The quantitative estimate of drug-likeness (QED) is 0.734. The molecule has 0 N–H and O–H groups in total. The molecule has 4 rings (SSSR count). The fourth-order valence-electron chi connectivity index (χ4n) is 4.43. The Bertz CT molecular complexity index is 919. The molecule has 0 saturated carbocycles. The molecule has 2 heterocycles. The second kappa shape index (κ2) is 9.56. The number of benzene rings is 2. The van der Waals surface area contributed by atoms with Crippen LogP contribution in [0.2, 0.25) is 0 Å². The molecule has 0 aliphatic carbocycles. The lowest BCUT2D eigenvalue weighted by molar-refractivity contribution is -0.133. The molecule has 6 nitrogen and oxygen atoms in total. The Balaban J connectivity index is 1.35. The summed E-state index contributed by atoms with van der Waals surface area (Å²) in [5.74, 6) is 1.38. The highest BCUT2D eigenvalue weighted by Crippen LogP contribution is 2.33. The van der Waals surface area contributed by atoms with Gasteiger partial charge < -0.3 is 19.3 Å². The summed E-state index contributed by atoms with van der Waals surface area (Å²) in [6.07, 6.45) is 1.80. The van der Waals surface area contributed by atoms with Crippen molar-refractivity contribution in [2.45, 2.75) is 19.4 Å². The van der Waals surface area contributed by atoms with Crippen molar-refractivity contribution in [1.29, 1.82) is 0 Å². The summed E-state index contributed by atoms with van der Waals surface area (Å²) >= 11 is 0. The average molecular weight is 428 g/mol. The summed E-state index contributed by atoms with van der Waals surface area (Å²) in [6.45, 7) is 5.20. The molecule has 31 heavy (non-hydrogen) atoms. The molecule has 0 unspecified atom stereocenters. The third-order valence-electron chi connectivity index (χ3n) is 6.21. The van der Waals surface area contributed by atoms with E-state index in [1.165, 1.54) is 17.7 Å². The number of amides is 1. The van der Waals surface area contributed by atoms with Crippen molar-refractivity contribution in [2.24, 2.45) is 0 Å². The Morgan fingerprint density at radius 1 is 0.935 bits per heavy atom. The van der Waals surface area contributed by atoms with Gasteiger partial charge in [0, 0.05) is 45.0 Å². The minimum absolute atomic E-state index is 0.163. The fourth-order valence-corrected chi connectivity index (χ4v) is 4.43. The van der Waals surface area contributed by atoms with E-state index in [0.717, 1.165) is 62.6 Å². The van der Waals surface area contributed by atoms with Crippen molar-refractivity contribution in [1.82, 2.24) is 9.80 Å². The van der Waals surface area contributed by atoms with E-state index in [2.05, 4.69) is 9.80 Å². The molecular weight excluding hydrogens is 397 g/mol. The lowest BCUT2D eigenvalue weighted by Crippen LogP contribution is -2.43. The molecule has 166 valence electrons. The first-order chi connectivity index (χ1) is 15.1. The Labute approximate surface area is 183 Å². The molecule has 1 saturated heterocycles. The number of anilines is 1. The maximum atomic E-state index is 13.2. The van der Waals surface area contributed by atoms with Crippen LogP contribution in [0.5, 0.6) is 11.5 Å². The molecule has 7 heteroatoms. The summed E-state index contributed by atoms with van der Waals surface area (Å²) in [5, 5.41) is 0. The van der Waals surface area contributed by atoms with Crippen LogP contribution in [0.1, 0.15) is 17.5 Å². The summed E-state index contributed by atoms with van der Waals surface area (Å²) in [5.41, 5.74) is 3.37. The van der Waals surface area contributed by atoms with Crippen molar-refractivity contribution in [3.63, 3.8) is 0 Å². The first-order valence-electron chi connectivity index (χ1n) is 10.8. The van der Waals surface area contributed by atoms with Crippen LogP contribution in [-0.2, 0) is 17.8 Å². The molecule has 0 atom stereocenters. The maximum absolute atomic E-state index is 13.2. The SMILES string of the molecule is COc1cc2c(cc1OC)CN(C(=O)CN1CCCN(c3ccc(F)cc3)CC1)CC2. The van der Waals surface area contributed by atoms with Crippen molar-refractivity contribution >= 4 is 11.6 Å². The molecular formula is C24H30FN3O3. The normalized spacial score (nSPS) is 17.1. The zero-order chi connectivity index (χ0) is 21.8. The summed E-state index contributed by atoms with van der Waals surface area (Å²) in [7, 11) is 3.27. The van der Waals surface area contributed by atoms with Gasteiger partial charge in [-0.15, -0.1) is 0 Å². The number of halogens is 1. The second-order valence-electron chi connectivity index (χ2n) is 8.13. The number of methoxy groups -OCH3 is 2. The van der Waals surface area contributed by atoms with E-state index >= 15 is 0 Å². The number of ether oxygens (including phenoxy) is 2. The first-order valence-corrected chi connectivity index (χ1v) is 10.8. The number of carbonyl (C=O) groups excluding carboxylic acids is 1. The third kappa shape index (κ3) is 4.93. The van der Waals surface area contributed by atoms with Gasteiger partial charge in [-0.1, -0.05) is 0 Å². The molecule has 2 aromatic rings. The summed E-state index contributed by atoms with van der Waals surface area (Å²) in [6, 6.07) is 10.7. The molecule has 2 aliphatic heterocycles. The highest BCUT2D eigenvalue weighted by Gasteiger charge is 2.25. The molecule has 2 aromatic carbocycles. The van der Waals surface area contributed by atoms with Crippen molar-refractivity contribution in [3.05, 3.63) is 53.3 Å². The largest absolute Gasteiger partial charge is 0.493 e. The van der Waals surface area contributed by atoms with E-state index in [9.17, 15) is 9.18 Å². The van der Waals surface area contributed by atoms with Crippen LogP contribution in [0, 0.1) is 5.82 Å². The number of nitrogens with zero attached hydrogens (tertiary/aromatic N) is 3. The maximum Gasteiger partial charge on any atom is 0.237 e. The monoisotopic (exact) mass is 427 g/mol. The Hall–Kier alpha value is -2.80. The first kappa shape index (κ1) is 21.4. The van der Waals surface area contributed by atoms with Crippen LogP contribution in [0.4, 0.5) is 10.1 Å². The highest BCUT2D eigenvalue weighted by molar-refractivity contribution is 5.78. The minimum atomic E-state index is -0.218. The second-order valence-corrected chi connectivity index (χ2v) is 8.13. The third-order valence-corrected chi connectivity index (χ3v) is 6.21.